The normalized spacial score (nSPS) is 12.8. The summed E-state index contributed by atoms with van der Waals surface area (Å²) in [6, 6.07) is 4.43. The molecule has 8 heavy (non-hydrogen) atoms. The van der Waals surface area contributed by atoms with Crippen LogP contribution >= 0.6 is 22.6 Å². The molecule has 0 aromatic heterocycles. The van der Waals surface area contributed by atoms with Crippen molar-refractivity contribution in [3.8, 4) is 0 Å². The summed E-state index contributed by atoms with van der Waals surface area (Å²) in [5.41, 5.74) is 0.982. The zero-order valence-electron chi connectivity index (χ0n) is 6.53. The molecule has 0 spiro atoms. The molecule has 0 amide bonds. The van der Waals surface area contributed by atoms with E-state index in [-0.39, 0.29) is 0 Å². The summed E-state index contributed by atoms with van der Waals surface area (Å²) in [4.78, 5) is 0. The van der Waals surface area contributed by atoms with Gasteiger partial charge in [0.1, 0.15) is 0 Å². The van der Waals surface area contributed by atoms with E-state index in [0.717, 1.165) is 9.13 Å². The molecule has 0 heterocycles. The van der Waals surface area contributed by atoms with Gasteiger partial charge in [0, 0.05) is 3.57 Å². The van der Waals surface area contributed by atoms with Crippen molar-refractivity contribution in [1.29, 1.82) is 0 Å². The first-order valence-corrected chi connectivity index (χ1v) is 3.42. The Morgan fingerprint density at radius 2 is 2.00 bits per heavy atom. The molecular weight excluding hydrogens is 211 g/mol. The van der Waals surface area contributed by atoms with Gasteiger partial charge in [-0.15, -0.1) is 0 Å². The van der Waals surface area contributed by atoms with E-state index in [1.807, 2.05) is 29.5 Å². The zero-order valence-corrected chi connectivity index (χ0v) is 6.69. The van der Waals surface area contributed by atoms with Gasteiger partial charge in [-0.1, -0.05) is 17.7 Å². The van der Waals surface area contributed by atoms with Crippen LogP contribution in [0.2, 0.25) is 0 Å². The lowest BCUT2D eigenvalue weighted by atomic mass is 10.2. The molecule has 0 aliphatic carbocycles. The van der Waals surface area contributed by atoms with Gasteiger partial charge in [0.25, 0.3) is 0 Å². The molecule has 42 valence electrons. The smallest absolute Gasteiger partial charge is 0.0583 e. The van der Waals surface area contributed by atoms with Crippen LogP contribution in [0.3, 0.4) is 0 Å². The molecule has 1 aromatic carbocycles. The molecule has 0 nitrogen and oxygen atoms in total. The van der Waals surface area contributed by atoms with E-state index in [9.17, 15) is 0 Å². The summed E-state index contributed by atoms with van der Waals surface area (Å²) in [6.45, 7) is 1.90. The Hall–Kier alpha value is -0.0500. The first-order valence-electron chi connectivity index (χ1n) is 3.34. The number of rotatable bonds is 0. The lowest BCUT2D eigenvalue weighted by Crippen LogP contribution is -1.69. The van der Waals surface area contributed by atoms with Crippen molar-refractivity contribution < 1.29 is 2.74 Å². The van der Waals surface area contributed by atoms with Gasteiger partial charge in [0.15, 0.2) is 0 Å². The Bertz CT molecular complexity index is 235. The summed E-state index contributed by atoms with van der Waals surface area (Å²) in [5, 5.41) is 0. The van der Waals surface area contributed by atoms with Crippen molar-refractivity contribution in [2.75, 3.05) is 0 Å². The predicted octanol–water partition coefficient (Wildman–Crippen LogP) is 2.60. The lowest BCUT2D eigenvalue weighted by Gasteiger charge is -1.88. The second-order valence-electron chi connectivity index (χ2n) is 1.64. The minimum Gasteiger partial charge on any atom is -0.0583 e. The Balaban J connectivity index is 3.31. The standard InChI is InChI=1S/C7H7I/c1-6-2-4-7(8)5-3-6/h2-5H,1H3/i4D,5D. The molecule has 0 aliphatic heterocycles. The van der Waals surface area contributed by atoms with E-state index in [2.05, 4.69) is 0 Å². The highest BCUT2D eigenvalue weighted by molar-refractivity contribution is 14.1. The first kappa shape index (κ1) is 3.88. The van der Waals surface area contributed by atoms with Gasteiger partial charge in [0.2, 0.25) is 0 Å². The number of aryl methyl sites for hydroxylation is 1. The van der Waals surface area contributed by atoms with E-state index in [1.165, 1.54) is 0 Å². The van der Waals surface area contributed by atoms with E-state index in [1.54, 1.807) is 12.1 Å². The third-order valence-electron chi connectivity index (χ3n) is 0.853. The fraction of sp³-hybridized carbons (Fsp3) is 0.143. The highest BCUT2D eigenvalue weighted by atomic mass is 127. The minimum atomic E-state index is 0.450. The summed E-state index contributed by atoms with van der Waals surface area (Å²) in [7, 11) is 0. The van der Waals surface area contributed by atoms with E-state index in [0.29, 0.717) is 12.1 Å². The molecular formula is C7H7I. The molecule has 1 heteroatoms. The van der Waals surface area contributed by atoms with Crippen molar-refractivity contribution in [3.63, 3.8) is 0 Å². The Labute approximate surface area is 65.9 Å². The molecule has 1 aromatic rings. The monoisotopic (exact) mass is 220 g/mol. The van der Waals surface area contributed by atoms with Crippen molar-refractivity contribution >= 4 is 22.6 Å². The molecule has 1 rings (SSSR count). The van der Waals surface area contributed by atoms with Gasteiger partial charge in [-0.3, -0.25) is 0 Å². The topological polar surface area (TPSA) is 0 Å². The third-order valence-corrected chi connectivity index (χ3v) is 1.48. The van der Waals surface area contributed by atoms with Gasteiger partial charge >= 0.3 is 0 Å². The fourth-order valence-electron chi connectivity index (χ4n) is 0.438. The molecule has 0 radical (unpaired) electrons. The molecule has 0 bridgehead atoms. The maximum absolute atomic E-state index is 7.37. The van der Waals surface area contributed by atoms with Crippen LogP contribution in [-0.2, 0) is 0 Å². The molecule has 0 N–H and O–H groups in total. The van der Waals surface area contributed by atoms with E-state index >= 15 is 0 Å². The number of benzene rings is 1. The van der Waals surface area contributed by atoms with Gasteiger partial charge < -0.3 is 0 Å². The van der Waals surface area contributed by atoms with E-state index < -0.39 is 0 Å². The average Bonchev–Trinajstić information content (AvgIpc) is 1.82. The maximum Gasteiger partial charge on any atom is 0.0634 e. The van der Waals surface area contributed by atoms with Crippen LogP contribution in [0.25, 0.3) is 0 Å². The lowest BCUT2D eigenvalue weighted by molar-refractivity contribution is 1.46. The highest BCUT2D eigenvalue weighted by Gasteiger charge is 1.81. The van der Waals surface area contributed by atoms with Crippen molar-refractivity contribution in [2.45, 2.75) is 6.92 Å². The minimum absolute atomic E-state index is 0.450. The molecule has 0 saturated carbocycles. The molecule has 0 fully saturated rings. The zero-order chi connectivity index (χ0) is 7.72. The van der Waals surface area contributed by atoms with Crippen LogP contribution in [0, 0.1) is 10.5 Å². The first-order chi connectivity index (χ1) is 4.61. The van der Waals surface area contributed by atoms with Crippen molar-refractivity contribution in [2.24, 2.45) is 0 Å². The van der Waals surface area contributed by atoms with Gasteiger partial charge in [-0.2, -0.15) is 0 Å². The quantitative estimate of drug-likeness (QED) is 0.589. The second kappa shape index (κ2) is 2.49. The van der Waals surface area contributed by atoms with Gasteiger partial charge in [-0.05, 0) is 41.6 Å². The second-order valence-corrected chi connectivity index (χ2v) is 2.71. The van der Waals surface area contributed by atoms with Crippen molar-refractivity contribution in [1.82, 2.24) is 0 Å². The molecule has 0 saturated heterocycles. The number of hydrogen-bond acceptors (Lipinski definition) is 0. The van der Waals surface area contributed by atoms with Gasteiger partial charge in [0.05, 0.1) is 2.74 Å². The van der Waals surface area contributed by atoms with Crippen LogP contribution in [-0.4, -0.2) is 0 Å². The highest BCUT2D eigenvalue weighted by Crippen LogP contribution is 2.04. The Morgan fingerprint density at radius 3 is 2.50 bits per heavy atom. The van der Waals surface area contributed by atoms with Crippen LogP contribution in [0.4, 0.5) is 0 Å². The average molecular weight is 220 g/mol. The Morgan fingerprint density at radius 1 is 1.50 bits per heavy atom. The van der Waals surface area contributed by atoms with Crippen LogP contribution in [0.1, 0.15) is 8.30 Å². The van der Waals surface area contributed by atoms with Gasteiger partial charge in [-0.25, -0.2) is 0 Å². The van der Waals surface area contributed by atoms with E-state index in [4.69, 9.17) is 2.74 Å². The maximum atomic E-state index is 7.37. The van der Waals surface area contributed by atoms with Crippen LogP contribution in [0.15, 0.2) is 24.2 Å². The largest absolute Gasteiger partial charge is 0.0634 e. The van der Waals surface area contributed by atoms with Crippen molar-refractivity contribution in [3.05, 3.63) is 33.4 Å². The van der Waals surface area contributed by atoms with Crippen LogP contribution < -0.4 is 0 Å². The predicted molar refractivity (Wildman–Crippen MR) is 43.9 cm³/mol. The Kier molecular flexibility index (Phi) is 1.20. The SMILES string of the molecule is [2H]c1cc(C)cc([2H])c1I. The molecule has 0 unspecified atom stereocenters. The fourth-order valence-corrected chi connectivity index (χ4v) is 0.749. The summed E-state index contributed by atoms with van der Waals surface area (Å²) in [5.74, 6) is 0. The van der Waals surface area contributed by atoms with Crippen LogP contribution in [0.5, 0.6) is 0 Å². The molecule has 0 aliphatic rings. The molecule has 0 atom stereocenters. The summed E-state index contributed by atoms with van der Waals surface area (Å²) >= 11 is 2.01. The third kappa shape index (κ3) is 1.47. The number of hydrogen-bond donors (Lipinski definition) is 0. The number of halogens is 1. The summed E-state index contributed by atoms with van der Waals surface area (Å²) < 4.78 is 15.5. The summed E-state index contributed by atoms with van der Waals surface area (Å²) in [6.07, 6.45) is 0.